The molecule has 0 radical (unpaired) electrons. The van der Waals surface area contributed by atoms with Gasteiger partial charge in [-0.05, 0) is 25.8 Å². The number of aliphatic hydroxyl groups excluding tert-OH is 1. The summed E-state index contributed by atoms with van der Waals surface area (Å²) < 4.78 is 54.1. The second-order valence-corrected chi connectivity index (χ2v) is 16.1. The van der Waals surface area contributed by atoms with Crippen LogP contribution in [0, 0.1) is 39.9 Å². The van der Waals surface area contributed by atoms with Gasteiger partial charge in [-0.1, -0.05) is 20.8 Å². The van der Waals surface area contributed by atoms with Gasteiger partial charge < -0.3 is 58.0 Å². The Morgan fingerprint density at radius 1 is 1.00 bits per heavy atom. The highest BCUT2D eigenvalue weighted by Crippen LogP contribution is 2.83. The van der Waals surface area contributed by atoms with E-state index in [4.69, 9.17) is 42.6 Å². The smallest absolute Gasteiger partial charge is 0.366 e. The second kappa shape index (κ2) is 10.6. The number of aliphatic hydroxyl groups is 3. The van der Waals surface area contributed by atoms with Crippen LogP contribution in [0.4, 0.5) is 0 Å². The fourth-order valence-electron chi connectivity index (χ4n) is 12.3. The lowest BCUT2D eigenvalue weighted by atomic mass is 9.37. The molecule has 0 amide bonds. The van der Waals surface area contributed by atoms with Gasteiger partial charge in [0.1, 0.15) is 28.8 Å². The monoisotopic (exact) mass is 722 g/mol. The average molecular weight is 723 g/mol. The third-order valence-corrected chi connectivity index (χ3v) is 14.4. The van der Waals surface area contributed by atoms with Crippen LogP contribution in [0.5, 0.6) is 0 Å². The van der Waals surface area contributed by atoms with Crippen molar-refractivity contribution in [1.29, 1.82) is 0 Å². The number of fused-ring (bicyclic) bond motifs is 7. The van der Waals surface area contributed by atoms with Crippen LogP contribution in [-0.4, -0.2) is 126 Å². The molecule has 5 aliphatic heterocycles. The fourth-order valence-corrected chi connectivity index (χ4v) is 12.3. The minimum Gasteiger partial charge on any atom is -0.469 e. The minimum absolute atomic E-state index is 0.263. The molecule has 282 valence electrons. The molecule has 8 aliphatic rings. The van der Waals surface area contributed by atoms with Crippen molar-refractivity contribution in [3.63, 3.8) is 0 Å². The lowest BCUT2D eigenvalue weighted by Crippen LogP contribution is -2.79. The zero-order valence-corrected chi connectivity index (χ0v) is 29.6. The Hall–Kier alpha value is -2.86. The SMILES string of the molecule is CCC(C)C(=O)OC1CC(OC(C)=O)C2(C(=O)OC)COC3C2C12COC(O)(C(=O)OC)C2C(C)(C12OC1(C)C1CC2OC2OC=CC21O)C3O. The summed E-state index contributed by atoms with van der Waals surface area (Å²) in [6.07, 6.45) is -4.08. The molecule has 3 N–H and O–H groups in total. The van der Waals surface area contributed by atoms with E-state index < -0.39 is 130 Å². The topological polar surface area (TPSA) is 215 Å². The number of ether oxygens (including phenoxy) is 9. The van der Waals surface area contributed by atoms with Gasteiger partial charge in [0, 0.05) is 41.9 Å². The summed E-state index contributed by atoms with van der Waals surface area (Å²) in [6.45, 7) is 7.24. The van der Waals surface area contributed by atoms with E-state index in [1.165, 1.54) is 26.4 Å². The molecule has 0 aromatic heterocycles. The quantitative estimate of drug-likeness (QED) is 0.177. The highest BCUT2D eigenvalue weighted by atomic mass is 16.7. The van der Waals surface area contributed by atoms with Crippen molar-refractivity contribution in [2.75, 3.05) is 27.4 Å². The summed E-state index contributed by atoms with van der Waals surface area (Å²) in [7, 11) is 2.25. The van der Waals surface area contributed by atoms with E-state index in [0.717, 1.165) is 7.11 Å². The Labute approximate surface area is 293 Å². The van der Waals surface area contributed by atoms with Crippen LogP contribution in [0.25, 0.3) is 0 Å². The first kappa shape index (κ1) is 35.2. The predicted molar refractivity (Wildman–Crippen MR) is 164 cm³/mol. The second-order valence-electron chi connectivity index (χ2n) is 16.1. The number of epoxide rings is 1. The first-order chi connectivity index (χ1) is 23.9. The molecular weight excluding hydrogens is 676 g/mol. The number of hydrogen-bond acceptors (Lipinski definition) is 16. The minimum atomic E-state index is -2.81. The number of carbonyl (C=O) groups is 4. The van der Waals surface area contributed by atoms with E-state index in [1.807, 2.05) is 6.92 Å². The summed E-state index contributed by atoms with van der Waals surface area (Å²) in [5, 5.41) is 37.5. The van der Waals surface area contributed by atoms with E-state index >= 15 is 0 Å². The van der Waals surface area contributed by atoms with Crippen LogP contribution in [0.1, 0.15) is 53.9 Å². The summed E-state index contributed by atoms with van der Waals surface area (Å²) >= 11 is 0. The highest BCUT2D eigenvalue weighted by molar-refractivity contribution is 5.82. The lowest BCUT2D eigenvalue weighted by Gasteiger charge is -2.65. The Morgan fingerprint density at radius 2 is 1.71 bits per heavy atom. The van der Waals surface area contributed by atoms with Gasteiger partial charge in [-0.15, -0.1) is 0 Å². The summed E-state index contributed by atoms with van der Waals surface area (Å²) in [5.74, 6) is -10.1. The Morgan fingerprint density at radius 3 is 2.35 bits per heavy atom. The molecule has 16 nitrogen and oxygen atoms in total. The van der Waals surface area contributed by atoms with Gasteiger partial charge in [0.15, 0.2) is 5.60 Å². The molecular formula is C35H46O16. The lowest BCUT2D eigenvalue weighted by molar-refractivity contribution is -0.315. The molecule has 5 heterocycles. The van der Waals surface area contributed by atoms with Crippen LogP contribution >= 0.6 is 0 Å². The molecule has 17 unspecified atom stereocenters. The zero-order valence-electron chi connectivity index (χ0n) is 29.6. The van der Waals surface area contributed by atoms with E-state index in [9.17, 15) is 34.5 Å². The maximum absolute atomic E-state index is 14.2. The van der Waals surface area contributed by atoms with E-state index in [-0.39, 0.29) is 19.4 Å². The van der Waals surface area contributed by atoms with Gasteiger partial charge in [-0.25, -0.2) is 4.79 Å². The molecule has 8 rings (SSSR count). The van der Waals surface area contributed by atoms with Crippen molar-refractivity contribution in [3.8, 4) is 0 Å². The summed E-state index contributed by atoms with van der Waals surface area (Å²) in [5.41, 5.74) is -9.62. The molecule has 4 saturated heterocycles. The number of methoxy groups -OCH3 is 2. The maximum atomic E-state index is 14.2. The van der Waals surface area contributed by atoms with Gasteiger partial charge >= 0.3 is 23.9 Å². The van der Waals surface area contributed by atoms with E-state index in [0.29, 0.717) is 6.42 Å². The third-order valence-electron chi connectivity index (χ3n) is 14.4. The van der Waals surface area contributed by atoms with Crippen molar-refractivity contribution < 1.29 is 77.1 Å². The van der Waals surface area contributed by atoms with Crippen molar-refractivity contribution >= 4 is 23.9 Å². The van der Waals surface area contributed by atoms with Crippen molar-refractivity contribution in [3.05, 3.63) is 12.3 Å². The summed E-state index contributed by atoms with van der Waals surface area (Å²) in [4.78, 5) is 54.5. The van der Waals surface area contributed by atoms with Gasteiger partial charge in [-0.2, -0.15) is 0 Å². The largest absolute Gasteiger partial charge is 0.469 e. The number of carbonyl (C=O) groups excluding carboxylic acids is 4. The van der Waals surface area contributed by atoms with Crippen LogP contribution in [0.3, 0.4) is 0 Å². The fraction of sp³-hybridized carbons (Fsp3) is 0.829. The molecule has 0 aromatic rings. The van der Waals surface area contributed by atoms with Crippen molar-refractivity contribution in [1.82, 2.24) is 0 Å². The van der Waals surface area contributed by atoms with Crippen LogP contribution in [0.2, 0.25) is 0 Å². The van der Waals surface area contributed by atoms with Crippen LogP contribution in [-0.2, 0) is 61.8 Å². The zero-order chi connectivity index (χ0) is 36.9. The van der Waals surface area contributed by atoms with Gasteiger partial charge in [0.25, 0.3) is 5.79 Å². The standard InChI is InChI=1S/C35H46O16/c1-8-15(2)24(38)49-18-12-19(48-16(3)36)32(26(39)43-6)13-46-21-22(32)31(18)14-47-34(42,27(40)44-7)25(31)29(4,23(21)37)35-20-11-17(30(35,5)51-35)33(41)9-10-45-28(33)50-20/h9-10,15,17-23,25,28,37,41-42H,8,11-14H2,1-7H3. The maximum Gasteiger partial charge on any atom is 0.366 e. The van der Waals surface area contributed by atoms with Crippen molar-refractivity contribution in [2.45, 2.75) is 113 Å². The summed E-state index contributed by atoms with van der Waals surface area (Å²) in [6, 6.07) is 0. The number of hydrogen-bond donors (Lipinski definition) is 3. The molecule has 3 saturated carbocycles. The number of esters is 4. The normalized spacial score (nSPS) is 54.2. The van der Waals surface area contributed by atoms with Gasteiger partial charge in [-0.3, -0.25) is 14.4 Å². The van der Waals surface area contributed by atoms with Crippen LogP contribution in [0.15, 0.2) is 12.3 Å². The Bertz CT molecular complexity index is 1600. The van der Waals surface area contributed by atoms with E-state index in [1.54, 1.807) is 20.8 Å². The average Bonchev–Trinajstić information content (AvgIpc) is 3.47. The van der Waals surface area contributed by atoms with Crippen LogP contribution < -0.4 is 0 Å². The van der Waals surface area contributed by atoms with E-state index in [2.05, 4.69) is 0 Å². The predicted octanol–water partition coefficient (Wildman–Crippen LogP) is -0.123. The Kier molecular flexibility index (Phi) is 7.34. The first-order valence-corrected chi connectivity index (χ1v) is 17.6. The molecule has 7 fully saturated rings. The molecule has 16 heteroatoms. The molecule has 1 spiro atoms. The molecule has 0 aromatic carbocycles. The molecule has 2 bridgehead atoms. The van der Waals surface area contributed by atoms with Gasteiger partial charge in [0.2, 0.25) is 6.29 Å². The number of rotatable bonds is 7. The molecule has 3 aliphatic carbocycles. The third kappa shape index (κ3) is 3.70. The van der Waals surface area contributed by atoms with Crippen molar-refractivity contribution in [2.24, 2.45) is 39.9 Å². The van der Waals surface area contributed by atoms with Gasteiger partial charge in [0.05, 0.1) is 57.9 Å². The molecule has 51 heavy (non-hydrogen) atoms. The highest BCUT2D eigenvalue weighted by Gasteiger charge is 2.97. The Balaban J connectivity index is 1.39. The molecule has 17 atom stereocenters. The first-order valence-electron chi connectivity index (χ1n) is 17.6.